The molecule has 21 heavy (non-hydrogen) atoms. The molecule has 0 unspecified atom stereocenters. The number of rotatable bonds is 4. The molecule has 7 heteroatoms. The van der Waals surface area contributed by atoms with Gasteiger partial charge in [0.15, 0.2) is 11.5 Å². The summed E-state index contributed by atoms with van der Waals surface area (Å²) in [4.78, 5) is 2.10. The zero-order chi connectivity index (χ0) is 13.9. The molecule has 1 fully saturated rings. The van der Waals surface area contributed by atoms with Gasteiger partial charge in [-0.25, -0.2) is 8.78 Å². The van der Waals surface area contributed by atoms with Gasteiger partial charge in [0.25, 0.3) is 0 Å². The van der Waals surface area contributed by atoms with Gasteiger partial charge in [-0.05, 0) is 6.07 Å². The molecule has 3 rings (SSSR count). The second kappa shape index (κ2) is 7.24. The monoisotopic (exact) mass is 320 g/mol. The number of hydrogen-bond acceptors (Lipinski definition) is 4. The summed E-state index contributed by atoms with van der Waals surface area (Å²) in [7, 11) is 0. The lowest BCUT2D eigenvalue weighted by Crippen LogP contribution is -2.45. The molecule has 2 aliphatic rings. The average molecular weight is 321 g/mol. The summed E-state index contributed by atoms with van der Waals surface area (Å²) >= 11 is 0. The number of piperazine rings is 1. The maximum absolute atomic E-state index is 13.0. The van der Waals surface area contributed by atoms with Crippen molar-refractivity contribution < 1.29 is 18.3 Å². The van der Waals surface area contributed by atoms with Crippen LogP contribution in [-0.2, 0) is 0 Å². The minimum atomic E-state index is -2.34. The van der Waals surface area contributed by atoms with Crippen molar-refractivity contribution in [2.75, 3.05) is 33.0 Å². The molecular formula is C14H19ClF2N2O2. The van der Waals surface area contributed by atoms with Crippen molar-refractivity contribution in [1.29, 1.82) is 0 Å². The van der Waals surface area contributed by atoms with Crippen LogP contribution in [0.15, 0.2) is 18.2 Å². The Labute approximate surface area is 128 Å². The molecule has 0 aliphatic carbocycles. The molecule has 0 saturated carbocycles. The van der Waals surface area contributed by atoms with Crippen molar-refractivity contribution in [2.24, 2.45) is 0 Å². The van der Waals surface area contributed by atoms with Crippen molar-refractivity contribution in [3.05, 3.63) is 23.8 Å². The van der Waals surface area contributed by atoms with E-state index in [4.69, 9.17) is 9.47 Å². The molecule has 2 aliphatic heterocycles. The van der Waals surface area contributed by atoms with Crippen LogP contribution in [0.5, 0.6) is 11.5 Å². The first-order valence-electron chi connectivity index (χ1n) is 6.87. The maximum Gasteiger partial charge on any atom is 0.240 e. The van der Waals surface area contributed by atoms with Crippen LogP contribution < -0.4 is 14.8 Å². The van der Waals surface area contributed by atoms with Gasteiger partial charge in [-0.15, -0.1) is 12.4 Å². The largest absolute Gasteiger partial charge is 0.454 e. The highest BCUT2D eigenvalue weighted by molar-refractivity contribution is 5.85. The molecular weight excluding hydrogens is 302 g/mol. The molecule has 1 saturated heterocycles. The van der Waals surface area contributed by atoms with Crippen LogP contribution in [0.2, 0.25) is 0 Å². The average Bonchev–Trinajstić information content (AvgIpc) is 2.94. The molecule has 2 heterocycles. The number of nitrogens with zero attached hydrogens (tertiary/aromatic N) is 1. The fourth-order valence-corrected chi connectivity index (χ4v) is 2.85. The Kier molecular flexibility index (Phi) is 5.61. The van der Waals surface area contributed by atoms with Gasteiger partial charge in [-0.1, -0.05) is 12.1 Å². The molecule has 0 aromatic heterocycles. The number of halogens is 3. The quantitative estimate of drug-likeness (QED) is 0.924. The Morgan fingerprint density at radius 2 is 1.95 bits per heavy atom. The minimum Gasteiger partial charge on any atom is -0.454 e. The number of alkyl halides is 2. The van der Waals surface area contributed by atoms with Crippen LogP contribution in [0, 0.1) is 0 Å². The first-order chi connectivity index (χ1) is 9.75. The van der Waals surface area contributed by atoms with Gasteiger partial charge in [-0.2, -0.15) is 0 Å². The first kappa shape index (κ1) is 16.3. The molecule has 1 aromatic rings. The first-order valence-corrected chi connectivity index (χ1v) is 6.87. The van der Waals surface area contributed by atoms with Gasteiger partial charge >= 0.3 is 0 Å². The summed E-state index contributed by atoms with van der Waals surface area (Å²) in [6.45, 7) is 3.34. The van der Waals surface area contributed by atoms with Crippen LogP contribution in [0.1, 0.15) is 18.0 Å². The number of benzene rings is 1. The minimum absolute atomic E-state index is 0. The molecule has 118 valence electrons. The van der Waals surface area contributed by atoms with Crippen molar-refractivity contribution in [2.45, 2.75) is 18.9 Å². The van der Waals surface area contributed by atoms with E-state index in [-0.39, 0.29) is 31.7 Å². The number of hydrogen-bond donors (Lipinski definition) is 1. The Hall–Kier alpha value is -1.11. The number of ether oxygens (including phenoxy) is 2. The zero-order valence-corrected chi connectivity index (χ0v) is 12.4. The fraction of sp³-hybridized carbons (Fsp3) is 0.571. The Morgan fingerprint density at radius 3 is 2.67 bits per heavy atom. The van der Waals surface area contributed by atoms with E-state index >= 15 is 0 Å². The Morgan fingerprint density at radius 1 is 1.19 bits per heavy atom. The predicted octanol–water partition coefficient (Wildman–Crippen LogP) is 2.44. The molecule has 0 spiro atoms. The van der Waals surface area contributed by atoms with E-state index in [1.165, 1.54) is 0 Å². The van der Waals surface area contributed by atoms with Crippen molar-refractivity contribution in [3.63, 3.8) is 0 Å². The molecule has 0 amide bonds. The zero-order valence-electron chi connectivity index (χ0n) is 11.6. The van der Waals surface area contributed by atoms with Crippen LogP contribution in [0.4, 0.5) is 8.78 Å². The van der Waals surface area contributed by atoms with Crippen LogP contribution >= 0.6 is 12.4 Å². The van der Waals surface area contributed by atoms with Gasteiger partial charge in [0.2, 0.25) is 13.2 Å². The number of para-hydroxylation sites is 1. The summed E-state index contributed by atoms with van der Waals surface area (Å²) in [5.41, 5.74) is 0.808. The second-order valence-corrected chi connectivity index (χ2v) is 5.01. The van der Waals surface area contributed by atoms with Gasteiger partial charge in [0.05, 0.1) is 0 Å². The van der Waals surface area contributed by atoms with E-state index in [9.17, 15) is 8.78 Å². The smallest absolute Gasteiger partial charge is 0.240 e. The number of nitrogens with one attached hydrogen (secondary N) is 1. The lowest BCUT2D eigenvalue weighted by Gasteiger charge is -2.35. The van der Waals surface area contributed by atoms with Crippen molar-refractivity contribution in [3.8, 4) is 11.5 Å². The van der Waals surface area contributed by atoms with Crippen molar-refractivity contribution in [1.82, 2.24) is 10.2 Å². The van der Waals surface area contributed by atoms with E-state index in [0.717, 1.165) is 31.7 Å². The van der Waals surface area contributed by atoms with E-state index in [2.05, 4.69) is 10.2 Å². The maximum atomic E-state index is 13.0. The predicted molar refractivity (Wildman–Crippen MR) is 77.6 cm³/mol. The van der Waals surface area contributed by atoms with E-state index in [1.807, 2.05) is 18.2 Å². The highest BCUT2D eigenvalue weighted by atomic mass is 35.5. The van der Waals surface area contributed by atoms with Gasteiger partial charge < -0.3 is 14.8 Å². The van der Waals surface area contributed by atoms with E-state index in [0.29, 0.717) is 11.5 Å². The SMILES string of the molecule is Cl.FC(F)C[C@H](c1cccc2c1OCO2)N1CCNCC1. The summed E-state index contributed by atoms with van der Waals surface area (Å²) < 4.78 is 36.7. The van der Waals surface area contributed by atoms with Gasteiger partial charge in [0, 0.05) is 44.2 Å². The summed E-state index contributed by atoms with van der Waals surface area (Å²) in [5.74, 6) is 1.27. The second-order valence-electron chi connectivity index (χ2n) is 5.01. The molecule has 1 aromatic carbocycles. The van der Waals surface area contributed by atoms with E-state index in [1.54, 1.807) is 0 Å². The van der Waals surface area contributed by atoms with Crippen LogP contribution in [-0.4, -0.2) is 44.3 Å². The van der Waals surface area contributed by atoms with Gasteiger partial charge in [0.1, 0.15) is 0 Å². The lowest BCUT2D eigenvalue weighted by atomic mass is 10.00. The molecule has 0 bridgehead atoms. The number of fused-ring (bicyclic) bond motifs is 1. The highest BCUT2D eigenvalue weighted by Gasteiger charge is 2.30. The molecule has 1 atom stereocenters. The normalized spacial score (nSPS) is 19.4. The van der Waals surface area contributed by atoms with Crippen LogP contribution in [0.25, 0.3) is 0 Å². The van der Waals surface area contributed by atoms with Crippen molar-refractivity contribution >= 4 is 12.4 Å². The topological polar surface area (TPSA) is 33.7 Å². The molecule has 0 radical (unpaired) electrons. The third-order valence-electron chi connectivity index (χ3n) is 3.78. The highest BCUT2D eigenvalue weighted by Crippen LogP contribution is 2.42. The summed E-state index contributed by atoms with van der Waals surface area (Å²) in [6.07, 6.45) is -2.52. The third-order valence-corrected chi connectivity index (χ3v) is 3.78. The van der Waals surface area contributed by atoms with Crippen LogP contribution in [0.3, 0.4) is 0 Å². The molecule has 1 N–H and O–H groups in total. The third kappa shape index (κ3) is 3.56. The Balaban J connectivity index is 0.00000161. The van der Waals surface area contributed by atoms with E-state index < -0.39 is 6.43 Å². The lowest BCUT2D eigenvalue weighted by molar-refractivity contribution is 0.0725. The Bertz CT molecular complexity index is 470. The summed E-state index contributed by atoms with van der Waals surface area (Å²) in [6, 6.07) is 5.18. The van der Waals surface area contributed by atoms with Gasteiger partial charge in [-0.3, -0.25) is 4.90 Å². The fourth-order valence-electron chi connectivity index (χ4n) is 2.85. The summed E-state index contributed by atoms with van der Waals surface area (Å²) in [5, 5.41) is 3.24. The molecule has 4 nitrogen and oxygen atoms in total. The standard InChI is InChI=1S/C14H18F2N2O2.ClH/c15-13(16)8-11(18-6-4-17-5-7-18)10-2-1-3-12-14(10)20-9-19-12;/h1-3,11,13,17H,4-9H2;1H/t11-;/m1./s1.